The first-order valence-electron chi connectivity index (χ1n) is 12.7. The molecule has 1 N–H and O–H groups in total. The number of rotatable bonds is 8. The Morgan fingerprint density at radius 1 is 1.02 bits per heavy atom. The van der Waals surface area contributed by atoms with Gasteiger partial charge >= 0.3 is 12.1 Å². The maximum absolute atomic E-state index is 14.4. The van der Waals surface area contributed by atoms with Gasteiger partial charge in [0, 0.05) is 0 Å². The van der Waals surface area contributed by atoms with E-state index in [-0.39, 0.29) is 17.7 Å². The molecule has 4 rings (SSSR count). The largest absolute Gasteiger partial charge is 0.465 e. The highest BCUT2D eigenvalue weighted by molar-refractivity contribution is 6.69. The summed E-state index contributed by atoms with van der Waals surface area (Å²) in [6, 6.07) is 5.01. The van der Waals surface area contributed by atoms with E-state index in [2.05, 4.69) is 5.32 Å². The summed E-state index contributed by atoms with van der Waals surface area (Å²) < 4.78 is 73.6. The number of allylic oxidation sites excluding steroid dienone is 3. The minimum Gasteiger partial charge on any atom is -0.465 e. The van der Waals surface area contributed by atoms with E-state index >= 15 is 0 Å². The van der Waals surface area contributed by atoms with Gasteiger partial charge < -0.3 is 19.2 Å². The van der Waals surface area contributed by atoms with Crippen LogP contribution in [0.1, 0.15) is 40.7 Å². The molecule has 0 bridgehead atoms. The van der Waals surface area contributed by atoms with Crippen molar-refractivity contribution >= 4 is 25.9 Å². The Labute approximate surface area is 231 Å². The molecular formula is C29H31F4NO5Si. The molecule has 2 aromatic rings. The summed E-state index contributed by atoms with van der Waals surface area (Å²) >= 11 is 0. The number of alkyl halides is 3. The SMILES string of the molecule is COC(=O)c1cc(NC(=O)C2(C3(O[Si](C)(C)C)CC3)C=CC=CC2)c(C(F)(F)F)cc1Oc1ccc(F)cc1C. The molecule has 6 nitrogen and oxygen atoms in total. The second-order valence-corrected chi connectivity index (χ2v) is 15.4. The van der Waals surface area contributed by atoms with Gasteiger partial charge in [-0.05, 0) is 81.7 Å². The summed E-state index contributed by atoms with van der Waals surface area (Å²) in [5.41, 5.74) is -3.95. The predicted octanol–water partition coefficient (Wildman–Crippen LogP) is 7.56. The molecule has 11 heteroatoms. The second kappa shape index (κ2) is 10.5. The number of amides is 1. The number of esters is 1. The summed E-state index contributed by atoms with van der Waals surface area (Å²) in [6.45, 7) is 7.49. The number of carbonyl (C=O) groups is 2. The third kappa shape index (κ3) is 5.85. The Balaban J connectivity index is 1.80. The maximum atomic E-state index is 14.4. The van der Waals surface area contributed by atoms with Gasteiger partial charge in [-0.2, -0.15) is 13.2 Å². The van der Waals surface area contributed by atoms with Gasteiger partial charge in [0.1, 0.15) is 22.9 Å². The fourth-order valence-electron chi connectivity index (χ4n) is 5.02. The van der Waals surface area contributed by atoms with Gasteiger partial charge in [0.15, 0.2) is 8.32 Å². The van der Waals surface area contributed by atoms with Crippen molar-refractivity contribution in [2.24, 2.45) is 5.41 Å². The van der Waals surface area contributed by atoms with E-state index in [9.17, 15) is 27.2 Å². The van der Waals surface area contributed by atoms with Gasteiger partial charge in [0.2, 0.25) is 5.91 Å². The Morgan fingerprint density at radius 2 is 1.73 bits per heavy atom. The molecule has 1 fully saturated rings. The molecule has 1 atom stereocenters. The highest BCUT2D eigenvalue weighted by Gasteiger charge is 2.64. The van der Waals surface area contributed by atoms with Gasteiger partial charge in [-0.15, -0.1) is 0 Å². The molecule has 0 aliphatic heterocycles. The lowest BCUT2D eigenvalue weighted by Crippen LogP contribution is -2.51. The minimum absolute atomic E-state index is 0.0497. The molecule has 2 aliphatic carbocycles. The lowest BCUT2D eigenvalue weighted by molar-refractivity contribution is -0.137. The van der Waals surface area contributed by atoms with Gasteiger partial charge in [-0.3, -0.25) is 4.79 Å². The number of hydrogen-bond acceptors (Lipinski definition) is 5. The smallest absolute Gasteiger partial charge is 0.418 e. The van der Waals surface area contributed by atoms with Crippen molar-refractivity contribution in [1.29, 1.82) is 0 Å². The van der Waals surface area contributed by atoms with Crippen molar-refractivity contribution in [3.63, 3.8) is 0 Å². The highest BCUT2D eigenvalue weighted by atomic mass is 28.4. The van der Waals surface area contributed by atoms with Crippen molar-refractivity contribution in [2.75, 3.05) is 12.4 Å². The molecule has 1 amide bonds. The van der Waals surface area contributed by atoms with Crippen molar-refractivity contribution in [2.45, 2.75) is 57.6 Å². The van der Waals surface area contributed by atoms with E-state index in [1.807, 2.05) is 19.6 Å². The van der Waals surface area contributed by atoms with E-state index in [0.29, 0.717) is 24.5 Å². The van der Waals surface area contributed by atoms with Crippen LogP contribution in [0, 0.1) is 18.2 Å². The lowest BCUT2D eigenvalue weighted by atomic mass is 9.73. The number of methoxy groups -OCH3 is 1. The quantitative estimate of drug-likeness (QED) is 0.199. The number of hydrogen-bond donors (Lipinski definition) is 1. The average molecular weight is 578 g/mol. The normalized spacial score (nSPS) is 19.7. The van der Waals surface area contributed by atoms with Crippen LogP contribution in [0.15, 0.2) is 54.6 Å². The van der Waals surface area contributed by atoms with Crippen LogP contribution < -0.4 is 10.1 Å². The van der Waals surface area contributed by atoms with Crippen LogP contribution in [0.3, 0.4) is 0 Å². The van der Waals surface area contributed by atoms with Crippen molar-refractivity contribution < 1.29 is 41.1 Å². The van der Waals surface area contributed by atoms with E-state index in [0.717, 1.165) is 25.3 Å². The maximum Gasteiger partial charge on any atom is 0.418 e. The van der Waals surface area contributed by atoms with Gasteiger partial charge in [0.25, 0.3) is 0 Å². The molecule has 0 aromatic heterocycles. The van der Waals surface area contributed by atoms with Crippen LogP contribution in [-0.4, -0.2) is 32.9 Å². The second-order valence-electron chi connectivity index (χ2n) is 11.0. The third-order valence-electron chi connectivity index (χ3n) is 6.93. The number of nitrogens with one attached hydrogen (secondary N) is 1. The lowest BCUT2D eigenvalue weighted by Gasteiger charge is -2.41. The fourth-order valence-corrected chi connectivity index (χ4v) is 6.58. The predicted molar refractivity (Wildman–Crippen MR) is 144 cm³/mol. The first-order valence-corrected chi connectivity index (χ1v) is 16.2. The van der Waals surface area contributed by atoms with Crippen LogP contribution in [0.5, 0.6) is 11.5 Å². The van der Waals surface area contributed by atoms with Gasteiger partial charge in [-0.25, -0.2) is 9.18 Å². The number of benzene rings is 2. The van der Waals surface area contributed by atoms with Crippen LogP contribution >= 0.6 is 0 Å². The van der Waals surface area contributed by atoms with Crippen LogP contribution in [0.2, 0.25) is 19.6 Å². The number of carbonyl (C=O) groups excluding carboxylic acids is 2. The Hall–Kier alpha value is -3.44. The summed E-state index contributed by atoms with van der Waals surface area (Å²) in [5.74, 6) is -2.61. The molecule has 0 spiro atoms. The van der Waals surface area contributed by atoms with Crippen LogP contribution in [0.25, 0.3) is 0 Å². The van der Waals surface area contributed by atoms with Crippen LogP contribution in [-0.2, 0) is 20.1 Å². The number of anilines is 1. The van der Waals surface area contributed by atoms with Crippen molar-refractivity contribution in [1.82, 2.24) is 0 Å². The third-order valence-corrected chi connectivity index (χ3v) is 7.93. The number of halogens is 4. The molecule has 1 saturated carbocycles. The zero-order valence-electron chi connectivity index (χ0n) is 22.9. The summed E-state index contributed by atoms with van der Waals surface area (Å²) in [4.78, 5) is 26.6. The Morgan fingerprint density at radius 3 is 2.25 bits per heavy atom. The molecule has 2 aliphatic rings. The zero-order chi connectivity index (χ0) is 29.5. The van der Waals surface area contributed by atoms with Crippen LogP contribution in [0.4, 0.5) is 23.2 Å². The average Bonchev–Trinajstić information content (AvgIpc) is 3.64. The topological polar surface area (TPSA) is 73.9 Å². The highest BCUT2D eigenvalue weighted by Crippen LogP contribution is 2.58. The number of ether oxygens (including phenoxy) is 2. The summed E-state index contributed by atoms with van der Waals surface area (Å²) in [7, 11) is -1.07. The molecule has 0 radical (unpaired) electrons. The number of aryl methyl sites for hydroxylation is 1. The molecule has 1 unspecified atom stereocenters. The molecule has 0 saturated heterocycles. The van der Waals surface area contributed by atoms with Gasteiger partial charge in [0.05, 0.1) is 29.4 Å². The monoisotopic (exact) mass is 577 g/mol. The standard InChI is InChI=1S/C29H31F4NO5Si/c1-18-15-19(30)9-10-23(18)38-24-17-21(29(31,32)33)22(16-20(24)25(35)37-2)34-26(36)27(11-7-6-8-12-27)28(13-14-28)39-40(3,4)5/h6-11,15-17H,12-14H2,1-5H3,(H,34,36). The van der Waals surface area contributed by atoms with E-state index in [1.165, 1.54) is 13.0 Å². The first-order chi connectivity index (χ1) is 18.6. The van der Waals surface area contributed by atoms with Crippen molar-refractivity contribution in [3.05, 3.63) is 77.1 Å². The summed E-state index contributed by atoms with van der Waals surface area (Å²) in [5, 5.41) is 2.47. The van der Waals surface area contributed by atoms with Gasteiger partial charge in [-0.1, -0.05) is 24.3 Å². The molecular weight excluding hydrogens is 546 g/mol. The molecule has 214 valence electrons. The molecule has 40 heavy (non-hydrogen) atoms. The first kappa shape index (κ1) is 29.5. The zero-order valence-corrected chi connectivity index (χ0v) is 23.9. The van der Waals surface area contributed by atoms with Crippen molar-refractivity contribution in [3.8, 4) is 11.5 Å². The van der Waals surface area contributed by atoms with E-state index < -0.39 is 60.2 Å². The summed E-state index contributed by atoms with van der Waals surface area (Å²) in [6.07, 6.45) is 3.46. The minimum atomic E-state index is -4.92. The molecule has 2 aromatic carbocycles. The van der Waals surface area contributed by atoms with E-state index in [4.69, 9.17) is 13.9 Å². The Kier molecular flexibility index (Phi) is 7.76. The molecule has 0 heterocycles. The van der Waals surface area contributed by atoms with E-state index in [1.54, 1.807) is 24.3 Å². The fraction of sp³-hybridized carbons (Fsp3) is 0.379. The Bertz CT molecular complexity index is 1390.